The van der Waals surface area contributed by atoms with Crippen LogP contribution in [-0.2, 0) is 6.61 Å². The van der Waals surface area contributed by atoms with Crippen molar-refractivity contribution < 1.29 is 9.53 Å². The average Bonchev–Trinajstić information content (AvgIpc) is 2.67. The molecule has 0 unspecified atom stereocenters. The van der Waals surface area contributed by atoms with E-state index in [4.69, 9.17) is 16.3 Å². The Morgan fingerprint density at radius 2 is 1.82 bits per heavy atom. The van der Waals surface area contributed by atoms with Gasteiger partial charge in [-0.25, -0.2) is 0 Å². The van der Waals surface area contributed by atoms with Crippen LogP contribution in [0.3, 0.4) is 0 Å². The third-order valence-corrected chi connectivity index (χ3v) is 5.06. The highest BCUT2D eigenvalue weighted by Crippen LogP contribution is 2.21. The van der Waals surface area contributed by atoms with Crippen LogP contribution < -0.4 is 10.1 Å². The van der Waals surface area contributed by atoms with E-state index in [2.05, 4.69) is 37.4 Å². The highest BCUT2D eigenvalue weighted by molar-refractivity contribution is 6.31. The van der Waals surface area contributed by atoms with Crippen LogP contribution >= 0.6 is 11.6 Å². The van der Waals surface area contributed by atoms with Gasteiger partial charge in [-0.05, 0) is 56.2 Å². The lowest BCUT2D eigenvalue weighted by atomic mass is 10.00. The Labute approximate surface area is 171 Å². The molecule has 0 saturated carbocycles. The Balaban J connectivity index is 1.67. The predicted molar refractivity (Wildman–Crippen MR) is 114 cm³/mol. The molecule has 28 heavy (non-hydrogen) atoms. The zero-order valence-corrected chi connectivity index (χ0v) is 17.1. The van der Waals surface area contributed by atoms with Crippen molar-refractivity contribution >= 4 is 17.5 Å². The van der Waals surface area contributed by atoms with Gasteiger partial charge in [-0.2, -0.15) is 0 Å². The molecule has 0 fully saturated rings. The summed E-state index contributed by atoms with van der Waals surface area (Å²) in [5, 5.41) is 3.73. The number of halogens is 1. The van der Waals surface area contributed by atoms with Gasteiger partial charge in [0.05, 0.1) is 6.04 Å². The van der Waals surface area contributed by atoms with Gasteiger partial charge >= 0.3 is 0 Å². The molecule has 0 heterocycles. The Kier molecular flexibility index (Phi) is 6.37. The molecule has 3 nitrogen and oxygen atoms in total. The van der Waals surface area contributed by atoms with Gasteiger partial charge < -0.3 is 10.1 Å². The Bertz CT molecular complexity index is 984. The van der Waals surface area contributed by atoms with Crippen molar-refractivity contribution in [1.82, 2.24) is 5.32 Å². The SMILES string of the molecule is Cc1ccc([C@@H](C)NC(=O)c2cccc(OCc3ccccc3Cl)c2)c(C)c1. The lowest BCUT2D eigenvalue weighted by Crippen LogP contribution is -2.27. The Hall–Kier alpha value is -2.78. The first-order valence-electron chi connectivity index (χ1n) is 9.28. The topological polar surface area (TPSA) is 38.3 Å². The molecule has 0 aliphatic carbocycles. The van der Waals surface area contributed by atoms with Crippen LogP contribution in [0.15, 0.2) is 66.7 Å². The second kappa shape index (κ2) is 8.94. The lowest BCUT2D eigenvalue weighted by molar-refractivity contribution is 0.0939. The number of carbonyl (C=O) groups excluding carboxylic acids is 1. The van der Waals surface area contributed by atoms with Crippen LogP contribution in [0.4, 0.5) is 0 Å². The van der Waals surface area contributed by atoms with Crippen LogP contribution in [-0.4, -0.2) is 5.91 Å². The van der Waals surface area contributed by atoms with Gasteiger partial charge in [-0.15, -0.1) is 0 Å². The summed E-state index contributed by atoms with van der Waals surface area (Å²) in [6.45, 7) is 6.47. The van der Waals surface area contributed by atoms with Crippen molar-refractivity contribution in [2.75, 3.05) is 0 Å². The minimum Gasteiger partial charge on any atom is -0.489 e. The Morgan fingerprint density at radius 3 is 2.57 bits per heavy atom. The quantitative estimate of drug-likeness (QED) is 0.555. The highest BCUT2D eigenvalue weighted by Gasteiger charge is 2.14. The van der Waals surface area contributed by atoms with Gasteiger partial charge in [0.2, 0.25) is 0 Å². The molecule has 0 radical (unpaired) electrons. The molecule has 3 rings (SSSR count). The van der Waals surface area contributed by atoms with Crippen molar-refractivity contribution in [2.45, 2.75) is 33.4 Å². The molecular weight excluding hydrogens is 370 g/mol. The van der Waals surface area contributed by atoms with Crippen LogP contribution in [0.2, 0.25) is 5.02 Å². The first-order valence-corrected chi connectivity index (χ1v) is 9.66. The number of amides is 1. The molecule has 3 aromatic rings. The second-order valence-corrected chi connectivity index (χ2v) is 7.37. The average molecular weight is 394 g/mol. The van der Waals surface area contributed by atoms with E-state index in [1.807, 2.05) is 43.3 Å². The van der Waals surface area contributed by atoms with E-state index >= 15 is 0 Å². The molecular formula is C24H24ClNO2. The van der Waals surface area contributed by atoms with Crippen molar-refractivity contribution in [3.8, 4) is 5.75 Å². The molecule has 0 spiro atoms. The summed E-state index contributed by atoms with van der Waals surface area (Å²) < 4.78 is 5.82. The van der Waals surface area contributed by atoms with E-state index in [1.165, 1.54) is 11.1 Å². The van der Waals surface area contributed by atoms with Crippen molar-refractivity contribution in [2.24, 2.45) is 0 Å². The van der Waals surface area contributed by atoms with E-state index in [0.29, 0.717) is 22.9 Å². The normalized spacial score (nSPS) is 11.7. The van der Waals surface area contributed by atoms with Crippen molar-refractivity contribution in [3.05, 3.63) is 99.6 Å². The van der Waals surface area contributed by atoms with Crippen LogP contribution in [0.5, 0.6) is 5.75 Å². The molecule has 0 aliphatic rings. The summed E-state index contributed by atoms with van der Waals surface area (Å²) >= 11 is 6.17. The van der Waals surface area contributed by atoms with E-state index < -0.39 is 0 Å². The first kappa shape index (κ1) is 20.0. The summed E-state index contributed by atoms with van der Waals surface area (Å²) in [4.78, 5) is 12.7. The summed E-state index contributed by atoms with van der Waals surface area (Å²) in [5.74, 6) is 0.502. The maximum absolute atomic E-state index is 12.7. The monoisotopic (exact) mass is 393 g/mol. The predicted octanol–water partition coefficient (Wildman–Crippen LogP) is 6.03. The maximum atomic E-state index is 12.7. The minimum absolute atomic E-state index is 0.0826. The standard InChI is InChI=1S/C24H24ClNO2/c1-16-11-12-22(17(2)13-16)18(3)26-24(27)19-8-6-9-21(14-19)28-15-20-7-4-5-10-23(20)25/h4-14,18H,15H2,1-3H3,(H,26,27)/t18-/m1/s1. The summed E-state index contributed by atoms with van der Waals surface area (Å²) in [5.41, 5.74) is 4.97. The zero-order chi connectivity index (χ0) is 20.1. The molecule has 0 aliphatic heterocycles. The fourth-order valence-corrected chi connectivity index (χ4v) is 3.36. The zero-order valence-electron chi connectivity index (χ0n) is 16.3. The van der Waals surface area contributed by atoms with Gasteiger partial charge in [-0.3, -0.25) is 4.79 Å². The number of hydrogen-bond acceptors (Lipinski definition) is 2. The van der Waals surface area contributed by atoms with Gasteiger partial charge in [0.15, 0.2) is 0 Å². The first-order chi connectivity index (χ1) is 13.4. The smallest absolute Gasteiger partial charge is 0.251 e. The molecule has 4 heteroatoms. The summed E-state index contributed by atoms with van der Waals surface area (Å²) in [6, 6.07) is 20.9. The minimum atomic E-state index is -0.129. The molecule has 0 bridgehead atoms. The lowest BCUT2D eigenvalue weighted by Gasteiger charge is -2.17. The fourth-order valence-electron chi connectivity index (χ4n) is 3.17. The molecule has 1 atom stereocenters. The number of rotatable bonds is 6. The van der Waals surface area contributed by atoms with Crippen LogP contribution in [0.1, 0.15) is 45.6 Å². The molecule has 1 N–H and O–H groups in total. The molecule has 144 valence electrons. The third-order valence-electron chi connectivity index (χ3n) is 4.69. The van der Waals surface area contributed by atoms with Crippen molar-refractivity contribution in [1.29, 1.82) is 0 Å². The maximum Gasteiger partial charge on any atom is 0.251 e. The van der Waals surface area contributed by atoms with E-state index in [1.54, 1.807) is 12.1 Å². The number of nitrogens with one attached hydrogen (secondary N) is 1. The van der Waals surface area contributed by atoms with Crippen molar-refractivity contribution in [3.63, 3.8) is 0 Å². The van der Waals surface area contributed by atoms with Gasteiger partial charge in [-0.1, -0.05) is 59.6 Å². The Morgan fingerprint density at radius 1 is 1.04 bits per heavy atom. The molecule has 0 aromatic heterocycles. The largest absolute Gasteiger partial charge is 0.489 e. The van der Waals surface area contributed by atoms with E-state index in [-0.39, 0.29) is 11.9 Å². The number of benzene rings is 3. The highest BCUT2D eigenvalue weighted by atomic mass is 35.5. The summed E-state index contributed by atoms with van der Waals surface area (Å²) in [6.07, 6.45) is 0. The van der Waals surface area contributed by atoms with Crippen LogP contribution in [0, 0.1) is 13.8 Å². The molecule has 0 saturated heterocycles. The van der Waals surface area contributed by atoms with Gasteiger partial charge in [0.1, 0.15) is 12.4 Å². The fraction of sp³-hybridized carbons (Fsp3) is 0.208. The second-order valence-electron chi connectivity index (χ2n) is 6.96. The number of aryl methyl sites for hydroxylation is 2. The number of hydrogen-bond donors (Lipinski definition) is 1. The van der Waals surface area contributed by atoms with Gasteiger partial charge in [0.25, 0.3) is 5.91 Å². The summed E-state index contributed by atoms with van der Waals surface area (Å²) in [7, 11) is 0. The number of carbonyl (C=O) groups is 1. The van der Waals surface area contributed by atoms with Crippen LogP contribution in [0.25, 0.3) is 0 Å². The van der Waals surface area contributed by atoms with Gasteiger partial charge in [0, 0.05) is 16.1 Å². The van der Waals surface area contributed by atoms with E-state index in [9.17, 15) is 4.79 Å². The van der Waals surface area contributed by atoms with E-state index in [0.717, 1.165) is 11.1 Å². The third kappa shape index (κ3) is 4.93. The molecule has 3 aromatic carbocycles. The molecule has 1 amide bonds. The number of ether oxygens (including phenoxy) is 1.